The average molecular weight is 618 g/mol. The summed E-state index contributed by atoms with van der Waals surface area (Å²) in [5, 5.41) is 19.5. The van der Waals surface area contributed by atoms with Gasteiger partial charge in [0.05, 0.1) is 12.1 Å². The lowest BCUT2D eigenvalue weighted by Crippen LogP contribution is -2.26. The van der Waals surface area contributed by atoms with Gasteiger partial charge in [0.1, 0.15) is 5.82 Å². The Bertz CT molecular complexity index is 1730. The van der Waals surface area contributed by atoms with E-state index in [1.165, 1.54) is 0 Å². The number of carboxylic acids is 1. The second-order valence-corrected chi connectivity index (χ2v) is 12.0. The molecule has 0 radical (unpaired) electrons. The number of benzene rings is 3. The number of aryl methyl sites for hydroxylation is 1. The molecule has 2 atom stereocenters. The van der Waals surface area contributed by atoms with E-state index in [1.807, 2.05) is 49.5 Å². The van der Waals surface area contributed by atoms with E-state index in [0.717, 1.165) is 57.3 Å². The number of halogens is 2. The zero-order valence-electron chi connectivity index (χ0n) is 24.0. The lowest BCUT2D eigenvalue weighted by molar-refractivity contribution is -0.136. The van der Waals surface area contributed by atoms with Crippen LogP contribution in [0.15, 0.2) is 78.3 Å². The maximum absolute atomic E-state index is 15.3. The lowest BCUT2D eigenvalue weighted by atomic mass is 9.74. The van der Waals surface area contributed by atoms with Gasteiger partial charge in [0.2, 0.25) is 0 Å². The SMILES string of the molecule is CCCCC(c1ccc(C(=O)NCCC(=O)O)cc1)C(c1ccc(Cl)cc1)c1csc2c(-c3ccnn3C)cc(F)cc12. The summed E-state index contributed by atoms with van der Waals surface area (Å²) in [6, 6.07) is 20.5. The number of nitrogens with zero attached hydrogens (tertiary/aromatic N) is 2. The molecule has 2 unspecified atom stereocenters. The van der Waals surface area contributed by atoms with E-state index >= 15 is 4.39 Å². The Labute approximate surface area is 259 Å². The van der Waals surface area contributed by atoms with Crippen molar-refractivity contribution in [3.05, 3.63) is 111 Å². The Morgan fingerprint density at radius 3 is 2.44 bits per heavy atom. The van der Waals surface area contributed by atoms with Gasteiger partial charge in [-0.1, -0.05) is 55.6 Å². The molecule has 0 aliphatic heterocycles. The molecule has 43 heavy (non-hydrogen) atoms. The van der Waals surface area contributed by atoms with Crippen molar-refractivity contribution in [3.63, 3.8) is 0 Å². The fourth-order valence-corrected chi connectivity index (χ4v) is 6.94. The normalized spacial score (nSPS) is 12.7. The quantitative estimate of drug-likeness (QED) is 0.147. The first-order valence-corrected chi connectivity index (χ1v) is 15.6. The van der Waals surface area contributed by atoms with Crippen LogP contribution < -0.4 is 5.32 Å². The van der Waals surface area contributed by atoms with Crippen molar-refractivity contribution in [1.82, 2.24) is 15.1 Å². The molecule has 222 valence electrons. The summed E-state index contributed by atoms with van der Waals surface area (Å²) in [4.78, 5) is 23.5. The van der Waals surface area contributed by atoms with E-state index in [4.69, 9.17) is 16.7 Å². The third-order valence-electron chi connectivity index (χ3n) is 7.83. The molecule has 2 heterocycles. The van der Waals surface area contributed by atoms with Crippen LogP contribution in [0.3, 0.4) is 0 Å². The van der Waals surface area contributed by atoms with Crippen molar-refractivity contribution in [2.75, 3.05) is 6.54 Å². The molecule has 0 spiro atoms. The van der Waals surface area contributed by atoms with E-state index in [9.17, 15) is 9.59 Å². The van der Waals surface area contributed by atoms with Crippen LogP contribution in [0.5, 0.6) is 0 Å². The highest BCUT2D eigenvalue weighted by Gasteiger charge is 2.30. The topological polar surface area (TPSA) is 84.2 Å². The molecular weight excluding hydrogens is 585 g/mol. The predicted octanol–water partition coefficient (Wildman–Crippen LogP) is 8.40. The standard InChI is InChI=1S/C34H33ClFN3O3S/c1-3-4-5-26(21-6-8-23(9-7-21)34(42)37-16-15-31(40)41)32(22-10-12-24(35)13-11-22)29-20-43-33-27(29)18-25(36)19-28(33)30-14-17-38-39(30)2/h6-14,17-20,26,32H,3-5,15-16H2,1-2H3,(H,37,42)(H,40,41). The van der Waals surface area contributed by atoms with Crippen LogP contribution >= 0.6 is 22.9 Å². The summed E-state index contributed by atoms with van der Waals surface area (Å²) in [6.07, 6.45) is 4.47. The molecule has 0 aliphatic rings. The number of nitrogens with one attached hydrogen (secondary N) is 1. The van der Waals surface area contributed by atoms with Crippen molar-refractivity contribution < 1.29 is 19.1 Å². The largest absolute Gasteiger partial charge is 0.481 e. The Kier molecular flexibility index (Phi) is 9.58. The smallest absolute Gasteiger partial charge is 0.305 e. The number of rotatable bonds is 12. The first-order chi connectivity index (χ1) is 20.8. The minimum absolute atomic E-state index is 0.0338. The number of hydrogen-bond donors (Lipinski definition) is 2. The Balaban J connectivity index is 1.61. The van der Waals surface area contributed by atoms with Gasteiger partial charge in [0.25, 0.3) is 5.91 Å². The van der Waals surface area contributed by atoms with Gasteiger partial charge in [-0.15, -0.1) is 11.3 Å². The van der Waals surface area contributed by atoms with Gasteiger partial charge < -0.3 is 10.4 Å². The number of fused-ring (bicyclic) bond motifs is 1. The number of aromatic nitrogens is 2. The third kappa shape index (κ3) is 6.81. The van der Waals surface area contributed by atoms with Crippen molar-refractivity contribution >= 4 is 44.9 Å². The molecule has 1 amide bonds. The summed E-state index contributed by atoms with van der Waals surface area (Å²) in [6.45, 7) is 2.23. The maximum atomic E-state index is 15.3. The van der Waals surface area contributed by atoms with Gasteiger partial charge >= 0.3 is 5.97 Å². The first kappa shape index (κ1) is 30.4. The summed E-state index contributed by atoms with van der Waals surface area (Å²) in [7, 11) is 1.86. The molecule has 2 N–H and O–H groups in total. The second-order valence-electron chi connectivity index (χ2n) is 10.7. The molecule has 5 aromatic rings. The number of thiophene rings is 1. The molecular formula is C34H33ClFN3O3S. The first-order valence-electron chi connectivity index (χ1n) is 14.3. The van der Waals surface area contributed by atoms with Gasteiger partial charge in [-0.3, -0.25) is 14.3 Å². The average Bonchev–Trinajstić information content (AvgIpc) is 3.61. The number of carbonyl (C=O) groups is 2. The van der Waals surface area contributed by atoms with Gasteiger partial charge in [0, 0.05) is 46.6 Å². The zero-order valence-corrected chi connectivity index (χ0v) is 25.6. The van der Waals surface area contributed by atoms with E-state index < -0.39 is 5.97 Å². The summed E-state index contributed by atoms with van der Waals surface area (Å²) < 4.78 is 18.0. The Morgan fingerprint density at radius 1 is 1.07 bits per heavy atom. The van der Waals surface area contributed by atoms with Crippen LogP contribution in [0.25, 0.3) is 21.3 Å². The minimum atomic E-state index is -0.962. The lowest BCUT2D eigenvalue weighted by Gasteiger charge is -2.29. The van der Waals surface area contributed by atoms with Crippen LogP contribution in [-0.4, -0.2) is 33.3 Å². The second kappa shape index (κ2) is 13.5. The molecule has 9 heteroatoms. The molecule has 0 saturated heterocycles. The van der Waals surface area contributed by atoms with Crippen LogP contribution in [0.4, 0.5) is 4.39 Å². The van der Waals surface area contributed by atoms with E-state index in [2.05, 4.69) is 22.7 Å². The van der Waals surface area contributed by atoms with Crippen LogP contribution in [-0.2, 0) is 11.8 Å². The number of hydrogen-bond acceptors (Lipinski definition) is 4. The van der Waals surface area contributed by atoms with Crippen molar-refractivity contribution in [1.29, 1.82) is 0 Å². The van der Waals surface area contributed by atoms with Crippen molar-refractivity contribution in [3.8, 4) is 11.3 Å². The maximum Gasteiger partial charge on any atom is 0.305 e. The molecule has 0 bridgehead atoms. The van der Waals surface area contributed by atoms with Crippen molar-refractivity contribution in [2.45, 2.75) is 44.4 Å². The van der Waals surface area contributed by atoms with Crippen LogP contribution in [0, 0.1) is 5.82 Å². The monoisotopic (exact) mass is 617 g/mol. The number of unbranched alkanes of at least 4 members (excludes halogenated alkanes) is 1. The fourth-order valence-electron chi connectivity index (χ4n) is 5.71. The molecule has 3 aromatic carbocycles. The predicted molar refractivity (Wildman–Crippen MR) is 171 cm³/mol. The van der Waals surface area contributed by atoms with Crippen LogP contribution in [0.2, 0.25) is 5.02 Å². The van der Waals surface area contributed by atoms with Gasteiger partial charge in [0.15, 0.2) is 0 Å². The highest BCUT2D eigenvalue weighted by Crippen LogP contribution is 2.47. The Morgan fingerprint density at radius 2 is 1.79 bits per heavy atom. The van der Waals surface area contributed by atoms with Gasteiger partial charge in [-0.05, 0) is 82.3 Å². The molecule has 0 saturated carbocycles. The summed E-state index contributed by atoms with van der Waals surface area (Å²) in [5.74, 6) is -1.65. The van der Waals surface area contributed by atoms with E-state index in [0.29, 0.717) is 10.6 Å². The molecule has 0 aliphatic carbocycles. The molecule has 2 aromatic heterocycles. The number of aliphatic carboxylic acids is 1. The fraction of sp³-hybridized carbons (Fsp3) is 0.265. The minimum Gasteiger partial charge on any atom is -0.481 e. The van der Waals surface area contributed by atoms with Gasteiger partial charge in [-0.25, -0.2) is 4.39 Å². The highest BCUT2D eigenvalue weighted by atomic mass is 35.5. The third-order valence-corrected chi connectivity index (χ3v) is 9.13. The highest BCUT2D eigenvalue weighted by molar-refractivity contribution is 7.18. The summed E-state index contributed by atoms with van der Waals surface area (Å²) >= 11 is 7.91. The van der Waals surface area contributed by atoms with Crippen LogP contribution in [0.1, 0.15) is 71.5 Å². The van der Waals surface area contributed by atoms with Gasteiger partial charge in [-0.2, -0.15) is 5.10 Å². The Hall–Kier alpha value is -4.01. The summed E-state index contributed by atoms with van der Waals surface area (Å²) in [5.41, 5.74) is 5.31. The molecule has 5 rings (SSSR count). The molecule has 0 fully saturated rings. The van der Waals surface area contributed by atoms with E-state index in [-0.39, 0.29) is 36.5 Å². The number of amides is 1. The molecule has 6 nitrogen and oxygen atoms in total. The zero-order chi connectivity index (χ0) is 30.5. The number of carbonyl (C=O) groups excluding carboxylic acids is 1. The number of carboxylic acid groups (broad SMARTS) is 1. The van der Waals surface area contributed by atoms with Crippen molar-refractivity contribution in [2.24, 2.45) is 7.05 Å². The van der Waals surface area contributed by atoms with E-state index in [1.54, 1.807) is 46.5 Å².